The fourth-order valence-electron chi connectivity index (χ4n) is 3.80. The summed E-state index contributed by atoms with van der Waals surface area (Å²) in [6.07, 6.45) is 7.38. The lowest BCUT2D eigenvalue weighted by Gasteiger charge is -2.55. The van der Waals surface area contributed by atoms with Crippen molar-refractivity contribution in [3.05, 3.63) is 0 Å². The molecule has 2 fully saturated rings. The van der Waals surface area contributed by atoms with Crippen molar-refractivity contribution in [1.82, 2.24) is 0 Å². The number of piperidine rings is 1. The zero-order valence-corrected chi connectivity index (χ0v) is 10.3. The summed E-state index contributed by atoms with van der Waals surface area (Å²) in [5.41, 5.74) is 0.686. The van der Waals surface area contributed by atoms with E-state index in [1.54, 1.807) is 0 Å². The van der Waals surface area contributed by atoms with Crippen molar-refractivity contribution in [3.8, 4) is 0 Å². The smallest absolute Gasteiger partial charge is 0.0891 e. The van der Waals surface area contributed by atoms with E-state index >= 15 is 0 Å². The Morgan fingerprint density at radius 2 is 1.86 bits per heavy atom. The van der Waals surface area contributed by atoms with Crippen LogP contribution in [-0.2, 0) is 0 Å². The fourth-order valence-corrected chi connectivity index (χ4v) is 3.80. The second kappa shape index (κ2) is 3.23. The van der Waals surface area contributed by atoms with Gasteiger partial charge in [-0.1, -0.05) is 19.8 Å². The Kier molecular flexibility index (Phi) is 2.42. The molecule has 1 heteroatoms. The van der Waals surface area contributed by atoms with Gasteiger partial charge in [0.2, 0.25) is 0 Å². The van der Waals surface area contributed by atoms with Gasteiger partial charge in [-0.3, -0.25) is 0 Å². The highest BCUT2D eigenvalue weighted by molar-refractivity contribution is 4.92. The fraction of sp³-hybridized carbons (Fsp3) is 1.00. The van der Waals surface area contributed by atoms with Gasteiger partial charge in [-0.25, -0.2) is 0 Å². The Morgan fingerprint density at radius 1 is 1.14 bits per heavy atom. The monoisotopic (exact) mass is 196 g/mol. The van der Waals surface area contributed by atoms with Crippen LogP contribution in [0, 0.1) is 11.3 Å². The quantitative estimate of drug-likeness (QED) is 0.522. The summed E-state index contributed by atoms with van der Waals surface area (Å²) in [4.78, 5) is 0. The Labute approximate surface area is 89.1 Å². The summed E-state index contributed by atoms with van der Waals surface area (Å²) < 4.78 is 1.25. The van der Waals surface area contributed by atoms with Crippen molar-refractivity contribution in [2.24, 2.45) is 11.3 Å². The predicted molar refractivity (Wildman–Crippen MR) is 61.1 cm³/mol. The third kappa shape index (κ3) is 1.50. The highest BCUT2D eigenvalue weighted by Gasteiger charge is 2.49. The first-order chi connectivity index (χ1) is 6.46. The van der Waals surface area contributed by atoms with E-state index < -0.39 is 0 Å². The predicted octanol–water partition coefficient (Wildman–Crippen LogP) is 3.05. The van der Waals surface area contributed by atoms with Crippen LogP contribution in [0.1, 0.15) is 46.0 Å². The van der Waals surface area contributed by atoms with E-state index in [9.17, 15) is 0 Å². The van der Waals surface area contributed by atoms with Crippen molar-refractivity contribution >= 4 is 0 Å². The molecule has 0 aromatic rings. The van der Waals surface area contributed by atoms with Crippen LogP contribution in [0.3, 0.4) is 0 Å². The van der Waals surface area contributed by atoms with Crippen molar-refractivity contribution < 1.29 is 4.48 Å². The zero-order valence-electron chi connectivity index (χ0n) is 10.3. The number of likely N-dealkylation sites (tertiary alicyclic amines) is 1. The molecule has 82 valence electrons. The minimum Gasteiger partial charge on any atom is -0.326 e. The van der Waals surface area contributed by atoms with Crippen molar-refractivity contribution in [2.75, 3.05) is 20.6 Å². The molecule has 2 aliphatic rings. The topological polar surface area (TPSA) is 0 Å². The van der Waals surface area contributed by atoms with Gasteiger partial charge in [-0.05, 0) is 25.2 Å². The normalized spacial score (nSPS) is 47.1. The van der Waals surface area contributed by atoms with Gasteiger partial charge in [0.05, 0.1) is 26.7 Å². The number of rotatable bonds is 0. The molecule has 1 aliphatic carbocycles. The second-order valence-electron chi connectivity index (χ2n) is 6.50. The summed E-state index contributed by atoms with van der Waals surface area (Å²) in [7, 11) is 4.83. The molecule has 1 heterocycles. The molecule has 3 atom stereocenters. The molecular weight excluding hydrogens is 170 g/mol. The van der Waals surface area contributed by atoms with Crippen LogP contribution in [0.4, 0.5) is 0 Å². The summed E-state index contributed by atoms with van der Waals surface area (Å²) >= 11 is 0. The largest absolute Gasteiger partial charge is 0.326 e. The average Bonchev–Trinajstić information content (AvgIpc) is 2.13. The molecule has 1 nitrogen and oxygen atoms in total. The van der Waals surface area contributed by atoms with Crippen LogP contribution in [0.2, 0.25) is 0 Å². The lowest BCUT2D eigenvalue weighted by atomic mass is 9.60. The molecule has 0 aromatic carbocycles. The summed E-state index contributed by atoms with van der Waals surface area (Å²) in [6.45, 7) is 6.41. The SMILES string of the molecule is CC1C2CCCCC2(C)CC[N+]1(C)C. The van der Waals surface area contributed by atoms with E-state index in [-0.39, 0.29) is 0 Å². The Hall–Kier alpha value is -0.0400. The Balaban J connectivity index is 2.20. The van der Waals surface area contributed by atoms with Gasteiger partial charge in [0.15, 0.2) is 0 Å². The van der Waals surface area contributed by atoms with Crippen LogP contribution in [0.15, 0.2) is 0 Å². The standard InChI is InChI=1S/C13H26N/c1-11-12-7-5-6-8-13(12,2)9-10-14(11,3)4/h11-12H,5-10H2,1-4H3/q+1. The molecule has 0 aromatic heterocycles. The molecule has 0 amide bonds. The number of hydrogen-bond donors (Lipinski definition) is 0. The van der Waals surface area contributed by atoms with Gasteiger partial charge >= 0.3 is 0 Å². The zero-order chi connectivity index (χ0) is 10.4. The van der Waals surface area contributed by atoms with Gasteiger partial charge in [0.25, 0.3) is 0 Å². The maximum absolute atomic E-state index is 2.55. The van der Waals surface area contributed by atoms with Crippen molar-refractivity contribution in [3.63, 3.8) is 0 Å². The molecule has 0 N–H and O–H groups in total. The van der Waals surface area contributed by atoms with E-state index in [0.29, 0.717) is 5.41 Å². The molecule has 2 rings (SSSR count). The van der Waals surface area contributed by atoms with E-state index in [1.165, 1.54) is 43.1 Å². The Morgan fingerprint density at radius 3 is 2.57 bits per heavy atom. The summed E-state index contributed by atoms with van der Waals surface area (Å²) in [5, 5.41) is 0. The van der Waals surface area contributed by atoms with E-state index in [1.807, 2.05) is 0 Å². The molecule has 14 heavy (non-hydrogen) atoms. The third-order valence-electron chi connectivity index (χ3n) is 5.35. The maximum Gasteiger partial charge on any atom is 0.0891 e. The van der Waals surface area contributed by atoms with Gasteiger partial charge in [0, 0.05) is 12.3 Å². The van der Waals surface area contributed by atoms with Crippen LogP contribution in [0.5, 0.6) is 0 Å². The van der Waals surface area contributed by atoms with Gasteiger partial charge in [0.1, 0.15) is 0 Å². The van der Waals surface area contributed by atoms with Crippen LogP contribution in [0.25, 0.3) is 0 Å². The highest BCUT2D eigenvalue weighted by Crippen LogP contribution is 2.50. The molecule has 0 spiro atoms. The molecule has 0 radical (unpaired) electrons. The van der Waals surface area contributed by atoms with E-state index in [4.69, 9.17) is 0 Å². The average molecular weight is 196 g/mol. The minimum absolute atomic E-state index is 0.686. The van der Waals surface area contributed by atoms with E-state index in [0.717, 1.165) is 12.0 Å². The first-order valence-corrected chi connectivity index (χ1v) is 6.28. The highest BCUT2D eigenvalue weighted by atomic mass is 15.3. The number of nitrogens with zero attached hydrogens (tertiary/aromatic N) is 1. The van der Waals surface area contributed by atoms with Crippen LogP contribution < -0.4 is 0 Å². The number of fused-ring (bicyclic) bond motifs is 1. The summed E-state index contributed by atoms with van der Waals surface area (Å²) in [5.74, 6) is 0.986. The first kappa shape index (κ1) is 10.5. The van der Waals surface area contributed by atoms with Gasteiger partial charge in [-0.15, -0.1) is 0 Å². The lowest BCUT2D eigenvalue weighted by Crippen LogP contribution is -2.60. The minimum atomic E-state index is 0.686. The molecule has 0 bridgehead atoms. The number of hydrogen-bond acceptors (Lipinski definition) is 0. The van der Waals surface area contributed by atoms with Crippen LogP contribution >= 0.6 is 0 Å². The van der Waals surface area contributed by atoms with Crippen molar-refractivity contribution in [1.29, 1.82) is 0 Å². The van der Waals surface area contributed by atoms with E-state index in [2.05, 4.69) is 27.9 Å². The first-order valence-electron chi connectivity index (χ1n) is 6.28. The molecular formula is C13H26N+. The van der Waals surface area contributed by atoms with Gasteiger partial charge < -0.3 is 4.48 Å². The Bertz CT molecular complexity index is 221. The molecule has 1 aliphatic heterocycles. The molecule has 1 saturated carbocycles. The third-order valence-corrected chi connectivity index (χ3v) is 5.35. The maximum atomic E-state index is 2.55. The summed E-state index contributed by atoms with van der Waals surface area (Å²) in [6, 6.07) is 0.869. The second-order valence-corrected chi connectivity index (χ2v) is 6.50. The van der Waals surface area contributed by atoms with Gasteiger partial charge in [-0.2, -0.15) is 0 Å². The number of quaternary nitrogens is 1. The lowest BCUT2D eigenvalue weighted by molar-refractivity contribution is -0.925. The van der Waals surface area contributed by atoms with Crippen LogP contribution in [-0.4, -0.2) is 31.2 Å². The molecule has 1 saturated heterocycles. The molecule has 3 unspecified atom stereocenters. The van der Waals surface area contributed by atoms with Crippen molar-refractivity contribution in [2.45, 2.75) is 52.0 Å².